The van der Waals surface area contributed by atoms with E-state index >= 15 is 0 Å². The Kier molecular flexibility index (Phi) is 6.51. The summed E-state index contributed by atoms with van der Waals surface area (Å²) in [6.45, 7) is 5.58. The lowest BCUT2D eigenvalue weighted by Crippen LogP contribution is -2.43. The third-order valence-corrected chi connectivity index (χ3v) is 4.51. The summed E-state index contributed by atoms with van der Waals surface area (Å²) in [5, 5.41) is 2.58. The van der Waals surface area contributed by atoms with Crippen LogP contribution in [0, 0.1) is 5.41 Å². The molecule has 0 aromatic heterocycles. The van der Waals surface area contributed by atoms with Crippen molar-refractivity contribution in [3.05, 3.63) is 35.9 Å². The van der Waals surface area contributed by atoms with Gasteiger partial charge in [0.2, 0.25) is 5.91 Å². The highest BCUT2D eigenvalue weighted by Crippen LogP contribution is 2.25. The molecule has 0 aliphatic heterocycles. The number of hydrogen-bond acceptors (Lipinski definition) is 2. The molecule has 1 atom stereocenters. The lowest BCUT2D eigenvalue weighted by molar-refractivity contribution is -0.128. The smallest absolute Gasteiger partial charge is 0.226 e. The Labute approximate surface area is 129 Å². The van der Waals surface area contributed by atoms with Gasteiger partial charge in [0.15, 0.2) is 0 Å². The second-order valence-corrected chi connectivity index (χ2v) is 7.57. The number of rotatable bonds is 5. The van der Waals surface area contributed by atoms with Crippen molar-refractivity contribution in [2.45, 2.75) is 36.7 Å². The molecular weight excluding hydrogens is 301 g/mol. The van der Waals surface area contributed by atoms with E-state index in [0.717, 1.165) is 5.75 Å². The summed E-state index contributed by atoms with van der Waals surface area (Å²) in [4.78, 5) is 11.3. The minimum atomic E-state index is -0.639. The van der Waals surface area contributed by atoms with E-state index < -0.39 is 10.3 Å². The molecule has 1 amide bonds. The van der Waals surface area contributed by atoms with Crippen molar-refractivity contribution in [1.29, 1.82) is 0 Å². The monoisotopic (exact) mass is 319 g/mol. The van der Waals surface area contributed by atoms with Crippen LogP contribution in [0.3, 0.4) is 0 Å². The van der Waals surface area contributed by atoms with E-state index in [9.17, 15) is 4.79 Å². The van der Waals surface area contributed by atoms with Gasteiger partial charge in [-0.1, -0.05) is 51.1 Å². The molecule has 0 aliphatic rings. The van der Waals surface area contributed by atoms with Crippen LogP contribution < -0.4 is 5.32 Å². The summed E-state index contributed by atoms with van der Waals surface area (Å²) >= 11 is 13.4. The minimum Gasteiger partial charge on any atom is -0.341 e. The fourth-order valence-corrected chi connectivity index (χ4v) is 2.75. The van der Waals surface area contributed by atoms with Gasteiger partial charge in [0, 0.05) is 11.2 Å². The lowest BCUT2D eigenvalue weighted by atomic mass is 9.96. The van der Waals surface area contributed by atoms with Crippen LogP contribution in [0.1, 0.15) is 26.3 Å². The number of hydrogen-bond donors (Lipinski definition) is 1. The van der Waals surface area contributed by atoms with E-state index in [1.54, 1.807) is 0 Å². The van der Waals surface area contributed by atoms with Gasteiger partial charge >= 0.3 is 0 Å². The Morgan fingerprint density at radius 1 is 1.26 bits per heavy atom. The first-order valence-corrected chi connectivity index (χ1v) is 7.97. The maximum absolute atomic E-state index is 11.9. The number of benzene rings is 1. The molecule has 19 heavy (non-hydrogen) atoms. The highest BCUT2D eigenvalue weighted by atomic mass is 35.5. The molecule has 1 aromatic carbocycles. The summed E-state index contributed by atoms with van der Waals surface area (Å²) in [5.41, 5.74) is 0.727. The van der Waals surface area contributed by atoms with Gasteiger partial charge in [-0.3, -0.25) is 4.79 Å². The van der Waals surface area contributed by atoms with Crippen LogP contribution in [0.15, 0.2) is 30.3 Å². The molecule has 0 spiro atoms. The maximum Gasteiger partial charge on any atom is 0.226 e. The number of amides is 1. The van der Waals surface area contributed by atoms with Gasteiger partial charge in [-0.25, -0.2) is 0 Å². The van der Waals surface area contributed by atoms with Crippen molar-refractivity contribution in [1.82, 2.24) is 5.32 Å². The van der Waals surface area contributed by atoms with Crippen LogP contribution in [0.5, 0.6) is 0 Å². The normalized spacial score (nSPS) is 13.4. The summed E-state index contributed by atoms with van der Waals surface area (Å²) in [7, 11) is 0. The summed E-state index contributed by atoms with van der Waals surface area (Å²) in [6.07, 6.45) is 0. The average Bonchev–Trinajstić information content (AvgIpc) is 2.33. The lowest BCUT2D eigenvalue weighted by Gasteiger charge is -2.24. The van der Waals surface area contributed by atoms with E-state index in [2.05, 4.69) is 5.32 Å². The third kappa shape index (κ3) is 6.07. The summed E-state index contributed by atoms with van der Waals surface area (Å²) in [6, 6.07) is 10.0. The highest BCUT2D eigenvalue weighted by Gasteiger charge is 2.27. The van der Waals surface area contributed by atoms with E-state index in [0.29, 0.717) is 0 Å². The number of thioether (sulfide) groups is 1. The van der Waals surface area contributed by atoms with Crippen LogP contribution in [0.4, 0.5) is 0 Å². The van der Waals surface area contributed by atoms with Gasteiger partial charge in [-0.05, 0) is 5.56 Å². The van der Waals surface area contributed by atoms with Crippen LogP contribution in [0.25, 0.3) is 0 Å². The van der Waals surface area contributed by atoms with Crippen molar-refractivity contribution in [3.63, 3.8) is 0 Å². The van der Waals surface area contributed by atoms with Crippen LogP contribution >= 0.6 is 35.0 Å². The molecule has 0 aliphatic carbocycles. The third-order valence-electron chi connectivity index (χ3n) is 2.46. The molecule has 0 radical (unpaired) electrons. The topological polar surface area (TPSA) is 29.1 Å². The molecule has 0 bridgehead atoms. The molecule has 5 heteroatoms. The Balaban J connectivity index is 2.57. The van der Waals surface area contributed by atoms with Crippen LogP contribution in [0.2, 0.25) is 0 Å². The zero-order valence-corrected chi connectivity index (χ0v) is 13.6. The number of nitrogens with one attached hydrogen (secondary N) is 1. The number of carbonyl (C=O) groups excluding carboxylic acids is 1. The molecule has 2 nitrogen and oxygen atoms in total. The molecule has 106 valence electrons. The van der Waals surface area contributed by atoms with Gasteiger partial charge < -0.3 is 5.32 Å². The first-order valence-electron chi connectivity index (χ1n) is 6.05. The van der Waals surface area contributed by atoms with Gasteiger partial charge in [-0.15, -0.1) is 35.0 Å². The second-order valence-electron chi connectivity index (χ2n) is 5.28. The number of alkyl halides is 2. The van der Waals surface area contributed by atoms with E-state index in [4.69, 9.17) is 23.2 Å². The summed E-state index contributed by atoms with van der Waals surface area (Å²) in [5.74, 6) is 0.704. The fraction of sp³-hybridized carbons (Fsp3) is 0.500. The molecule has 0 fully saturated rings. The van der Waals surface area contributed by atoms with Crippen LogP contribution in [-0.2, 0) is 10.5 Å². The Morgan fingerprint density at radius 3 is 2.32 bits per heavy atom. The van der Waals surface area contributed by atoms with Gasteiger partial charge in [0.25, 0.3) is 0 Å². The van der Waals surface area contributed by atoms with Crippen molar-refractivity contribution in [2.75, 3.05) is 0 Å². The number of carbonyl (C=O) groups is 1. The predicted octanol–water partition coefficient (Wildman–Crippen LogP) is 4.21. The zero-order chi connectivity index (χ0) is 14.5. The Bertz CT molecular complexity index is 404. The van der Waals surface area contributed by atoms with Gasteiger partial charge in [0.1, 0.15) is 10.2 Å². The number of halogens is 2. The van der Waals surface area contributed by atoms with E-state index in [-0.39, 0.29) is 11.3 Å². The van der Waals surface area contributed by atoms with Crippen LogP contribution in [-0.4, -0.2) is 16.1 Å². The average molecular weight is 320 g/mol. The molecular formula is C14H19Cl2NOS. The second kappa shape index (κ2) is 7.41. The fourth-order valence-electron chi connectivity index (χ4n) is 1.28. The molecule has 1 aromatic rings. The highest BCUT2D eigenvalue weighted by molar-refractivity contribution is 7.99. The van der Waals surface area contributed by atoms with E-state index in [1.807, 2.05) is 51.1 Å². The SMILES string of the molecule is CC(C)(C)C(=O)N[C@H](SCc1ccccc1)C(Cl)Cl. The zero-order valence-electron chi connectivity index (χ0n) is 11.3. The molecule has 0 saturated carbocycles. The summed E-state index contributed by atoms with van der Waals surface area (Å²) < 4.78 is 0. The Morgan fingerprint density at radius 2 is 1.84 bits per heavy atom. The van der Waals surface area contributed by atoms with E-state index in [1.165, 1.54) is 17.3 Å². The quantitative estimate of drug-likeness (QED) is 0.650. The minimum absolute atomic E-state index is 0.0515. The largest absolute Gasteiger partial charge is 0.341 e. The van der Waals surface area contributed by atoms with Crippen molar-refractivity contribution >= 4 is 40.9 Å². The molecule has 0 heterocycles. The first kappa shape index (κ1) is 16.7. The van der Waals surface area contributed by atoms with Crippen molar-refractivity contribution < 1.29 is 4.79 Å². The van der Waals surface area contributed by atoms with Crippen molar-refractivity contribution in [2.24, 2.45) is 5.41 Å². The molecule has 0 saturated heterocycles. The molecule has 1 rings (SSSR count). The molecule has 1 N–H and O–H groups in total. The predicted molar refractivity (Wildman–Crippen MR) is 84.6 cm³/mol. The standard InChI is InChI=1S/C14H19Cl2NOS/c1-14(2,3)13(18)17-12(11(15)16)19-9-10-7-5-4-6-8-10/h4-8,11-12H,9H2,1-3H3,(H,17,18)/t12-/m1/s1. The Hall–Kier alpha value is -0.380. The maximum atomic E-state index is 11.9. The van der Waals surface area contributed by atoms with Crippen molar-refractivity contribution in [3.8, 4) is 0 Å². The first-order chi connectivity index (χ1) is 8.80. The van der Waals surface area contributed by atoms with Gasteiger partial charge in [0.05, 0.1) is 0 Å². The van der Waals surface area contributed by atoms with Gasteiger partial charge in [-0.2, -0.15) is 0 Å². The molecule has 0 unspecified atom stereocenters.